The molecule has 250 valence electrons. The second-order valence-corrected chi connectivity index (χ2v) is 11.7. The molecule has 10 heteroatoms. The van der Waals surface area contributed by atoms with E-state index >= 15 is 4.39 Å². The highest BCUT2D eigenvalue weighted by atomic mass is 35.5. The minimum atomic E-state index is -0.569. The van der Waals surface area contributed by atoms with Crippen LogP contribution in [0.4, 0.5) is 15.8 Å². The summed E-state index contributed by atoms with van der Waals surface area (Å²) < 4.78 is 15.2. The molecule has 1 saturated heterocycles. The van der Waals surface area contributed by atoms with Crippen LogP contribution >= 0.6 is 23.2 Å². The fourth-order valence-electron chi connectivity index (χ4n) is 6.18. The molecule has 4 N–H and O–H groups in total. The number of halogens is 3. The van der Waals surface area contributed by atoms with E-state index in [-0.39, 0.29) is 16.5 Å². The number of anilines is 2. The number of hydrogen-bond donors (Lipinski definition) is 4. The van der Waals surface area contributed by atoms with Crippen molar-refractivity contribution in [2.45, 2.75) is 76.3 Å². The summed E-state index contributed by atoms with van der Waals surface area (Å²) in [6.07, 6.45) is 7.19. The summed E-state index contributed by atoms with van der Waals surface area (Å²) in [5.74, 6) is -1.21. The third kappa shape index (κ3) is 9.85. The standard InChI is InChI=1S/C23H23Cl2FN2O2.C8H9NO.C3H9N.C2H6/c24-14-7-8-15(18(11-14)27-13-30)21-20(16-5-4-6-17(25)22(16)26)19(12-29)28-23(21)9-2-1-3-10-23;1-9-8-4-2-7(6-10)3-5-8;1-3-4-2;1-2/h4-8,11-13,19-21,28H,1-3,9-10H2,(H,27,30);2-6,9H,1H3;4H,3H2,1-2H3;1-2H3/t19?,20-,21?;;;/m0.../s1. The molecule has 0 aromatic heterocycles. The van der Waals surface area contributed by atoms with Crippen LogP contribution in [0.1, 0.15) is 86.2 Å². The largest absolute Gasteiger partial charge is 0.388 e. The van der Waals surface area contributed by atoms with Crippen molar-refractivity contribution >= 4 is 53.6 Å². The Balaban J connectivity index is 0.000000381. The topological polar surface area (TPSA) is 99.3 Å². The van der Waals surface area contributed by atoms with E-state index in [0.29, 0.717) is 28.2 Å². The fraction of sp³-hybridized carbons (Fsp3) is 0.417. The van der Waals surface area contributed by atoms with E-state index in [1.165, 1.54) is 6.07 Å². The lowest BCUT2D eigenvalue weighted by atomic mass is 9.66. The molecule has 2 unspecified atom stereocenters. The Morgan fingerprint density at radius 2 is 1.59 bits per heavy atom. The molecule has 2 fully saturated rings. The summed E-state index contributed by atoms with van der Waals surface area (Å²) in [6, 6.07) is 17.0. The smallest absolute Gasteiger partial charge is 0.211 e. The summed E-state index contributed by atoms with van der Waals surface area (Å²) in [7, 11) is 3.77. The number of nitrogens with one attached hydrogen (secondary N) is 4. The Bertz CT molecular complexity index is 1380. The minimum absolute atomic E-state index is 0.0304. The molecule has 1 saturated carbocycles. The zero-order valence-electron chi connectivity index (χ0n) is 27.3. The first-order chi connectivity index (χ1) is 22.3. The van der Waals surface area contributed by atoms with Crippen LogP contribution in [0.25, 0.3) is 0 Å². The SMILES string of the molecule is CC.CCNC.CNc1ccc(C=O)cc1.O=CNc1cc(Cl)ccc1C1[C@@H](c2cccc(Cl)c2F)C(C=O)NC12CCCCC2. The number of hydrogen-bond acceptors (Lipinski definition) is 6. The first kappa shape index (κ1) is 38.9. The molecule has 1 aliphatic heterocycles. The Hall–Kier alpha value is -3.30. The zero-order chi connectivity index (χ0) is 34.1. The maximum absolute atomic E-state index is 15.2. The molecule has 0 bridgehead atoms. The highest BCUT2D eigenvalue weighted by molar-refractivity contribution is 6.31. The summed E-state index contributed by atoms with van der Waals surface area (Å²) >= 11 is 12.3. The molecule has 1 spiro atoms. The van der Waals surface area contributed by atoms with E-state index in [4.69, 9.17) is 23.2 Å². The summed E-state index contributed by atoms with van der Waals surface area (Å²) in [6.45, 7) is 7.14. The average Bonchev–Trinajstić information content (AvgIpc) is 3.40. The van der Waals surface area contributed by atoms with Crippen LogP contribution in [0.2, 0.25) is 10.0 Å². The number of amides is 1. The maximum atomic E-state index is 15.2. The number of aldehydes is 2. The average molecular weight is 674 g/mol. The molecule has 46 heavy (non-hydrogen) atoms. The Morgan fingerprint density at radius 1 is 0.935 bits per heavy atom. The third-order valence-electron chi connectivity index (χ3n) is 8.28. The van der Waals surface area contributed by atoms with Gasteiger partial charge in [-0.2, -0.15) is 0 Å². The van der Waals surface area contributed by atoms with Gasteiger partial charge in [0.15, 0.2) is 0 Å². The van der Waals surface area contributed by atoms with Crippen LogP contribution < -0.4 is 21.3 Å². The first-order valence-electron chi connectivity index (χ1n) is 15.8. The number of benzene rings is 3. The Morgan fingerprint density at radius 3 is 2.13 bits per heavy atom. The molecule has 1 amide bonds. The lowest BCUT2D eigenvalue weighted by Gasteiger charge is -2.41. The van der Waals surface area contributed by atoms with Crippen molar-refractivity contribution in [1.82, 2.24) is 10.6 Å². The third-order valence-corrected chi connectivity index (χ3v) is 8.81. The minimum Gasteiger partial charge on any atom is -0.388 e. The highest BCUT2D eigenvalue weighted by Crippen LogP contribution is 2.55. The molecular formula is C36H47Cl2FN4O3. The monoisotopic (exact) mass is 672 g/mol. The van der Waals surface area contributed by atoms with Crippen molar-refractivity contribution < 1.29 is 18.8 Å². The molecule has 2 aliphatic rings. The van der Waals surface area contributed by atoms with E-state index < -0.39 is 17.8 Å². The van der Waals surface area contributed by atoms with Crippen molar-refractivity contribution in [3.63, 3.8) is 0 Å². The van der Waals surface area contributed by atoms with Gasteiger partial charge in [-0.25, -0.2) is 4.39 Å². The van der Waals surface area contributed by atoms with E-state index in [9.17, 15) is 14.4 Å². The van der Waals surface area contributed by atoms with Crippen molar-refractivity contribution in [2.24, 2.45) is 0 Å². The van der Waals surface area contributed by atoms with E-state index in [0.717, 1.165) is 62.5 Å². The van der Waals surface area contributed by atoms with E-state index in [2.05, 4.69) is 28.2 Å². The number of carbonyl (C=O) groups is 3. The van der Waals surface area contributed by atoms with Gasteiger partial charge in [0.05, 0.1) is 11.1 Å². The van der Waals surface area contributed by atoms with Gasteiger partial charge in [0.1, 0.15) is 18.4 Å². The normalized spacial score (nSPS) is 19.2. The van der Waals surface area contributed by atoms with Crippen LogP contribution in [0, 0.1) is 5.82 Å². The van der Waals surface area contributed by atoms with Gasteiger partial charge in [-0.05, 0) is 80.0 Å². The summed E-state index contributed by atoms with van der Waals surface area (Å²) in [5, 5.41) is 12.7. The highest BCUT2D eigenvalue weighted by Gasteiger charge is 2.55. The van der Waals surface area contributed by atoms with E-state index in [1.54, 1.807) is 36.4 Å². The van der Waals surface area contributed by atoms with Gasteiger partial charge in [0, 0.05) is 46.4 Å². The van der Waals surface area contributed by atoms with Crippen molar-refractivity contribution in [1.29, 1.82) is 0 Å². The van der Waals surface area contributed by atoms with Gasteiger partial charge in [-0.3, -0.25) is 9.59 Å². The maximum Gasteiger partial charge on any atom is 0.211 e. The van der Waals surface area contributed by atoms with Crippen LogP contribution in [-0.4, -0.2) is 51.2 Å². The van der Waals surface area contributed by atoms with Gasteiger partial charge in [0.25, 0.3) is 0 Å². The van der Waals surface area contributed by atoms with Gasteiger partial charge in [-0.15, -0.1) is 0 Å². The quantitative estimate of drug-likeness (QED) is 0.180. The lowest BCUT2D eigenvalue weighted by Crippen LogP contribution is -2.48. The van der Waals surface area contributed by atoms with Crippen molar-refractivity contribution in [3.8, 4) is 0 Å². The molecule has 1 heterocycles. The van der Waals surface area contributed by atoms with Gasteiger partial charge < -0.3 is 26.1 Å². The summed E-state index contributed by atoms with van der Waals surface area (Å²) in [5.41, 5.74) is 3.18. The summed E-state index contributed by atoms with van der Waals surface area (Å²) in [4.78, 5) is 33.6. The molecule has 3 aromatic rings. The first-order valence-corrected chi connectivity index (χ1v) is 16.6. The molecule has 7 nitrogen and oxygen atoms in total. The molecule has 1 aliphatic carbocycles. The van der Waals surface area contributed by atoms with Gasteiger partial charge >= 0.3 is 0 Å². The van der Waals surface area contributed by atoms with Crippen LogP contribution in [0.5, 0.6) is 0 Å². The Kier molecular flexibility index (Phi) is 16.9. The predicted octanol–water partition coefficient (Wildman–Crippen LogP) is 8.23. The van der Waals surface area contributed by atoms with Crippen LogP contribution in [0.3, 0.4) is 0 Å². The Labute approximate surface area is 283 Å². The number of rotatable bonds is 8. The molecule has 3 atom stereocenters. The number of carbonyl (C=O) groups excluding carboxylic acids is 3. The second kappa shape index (κ2) is 20.0. The van der Waals surface area contributed by atoms with Gasteiger partial charge in [0.2, 0.25) is 6.41 Å². The lowest BCUT2D eigenvalue weighted by molar-refractivity contribution is -0.109. The van der Waals surface area contributed by atoms with Gasteiger partial charge in [-0.1, -0.05) is 81.4 Å². The predicted molar refractivity (Wildman–Crippen MR) is 189 cm³/mol. The molecular weight excluding hydrogens is 626 g/mol. The van der Waals surface area contributed by atoms with Crippen LogP contribution in [0.15, 0.2) is 60.7 Å². The second-order valence-electron chi connectivity index (χ2n) is 10.9. The molecule has 5 rings (SSSR count). The molecule has 3 aromatic carbocycles. The van der Waals surface area contributed by atoms with Crippen molar-refractivity contribution in [3.05, 3.63) is 93.2 Å². The van der Waals surface area contributed by atoms with Crippen molar-refractivity contribution in [2.75, 3.05) is 31.3 Å². The zero-order valence-corrected chi connectivity index (χ0v) is 28.9. The molecule has 0 radical (unpaired) electrons. The fourth-order valence-corrected chi connectivity index (χ4v) is 6.53. The van der Waals surface area contributed by atoms with E-state index in [1.807, 2.05) is 46.1 Å². The van der Waals surface area contributed by atoms with Crippen LogP contribution in [-0.2, 0) is 9.59 Å².